The quantitative estimate of drug-likeness (QED) is 0.832. The number of carbonyl (C=O) groups is 2. The lowest BCUT2D eigenvalue weighted by Gasteiger charge is -2.12. The summed E-state index contributed by atoms with van der Waals surface area (Å²) >= 11 is 1.32. The second-order valence-electron chi connectivity index (χ2n) is 4.39. The van der Waals surface area contributed by atoms with Gasteiger partial charge in [-0.1, -0.05) is 6.07 Å². The molecule has 1 unspecified atom stereocenters. The molecule has 0 saturated carbocycles. The van der Waals surface area contributed by atoms with Gasteiger partial charge in [0.2, 0.25) is 0 Å². The third-order valence-electron chi connectivity index (χ3n) is 2.80. The molecule has 0 aliphatic carbocycles. The first kappa shape index (κ1) is 14.9. The van der Waals surface area contributed by atoms with Gasteiger partial charge in [0.25, 0.3) is 5.91 Å². The van der Waals surface area contributed by atoms with Crippen molar-refractivity contribution in [3.05, 3.63) is 58.1 Å². The zero-order valence-electron chi connectivity index (χ0n) is 11.3. The third kappa shape index (κ3) is 4.25. The van der Waals surface area contributed by atoms with Crippen molar-refractivity contribution in [2.24, 2.45) is 0 Å². The Kier molecular flexibility index (Phi) is 4.84. The summed E-state index contributed by atoms with van der Waals surface area (Å²) < 4.78 is 0. The molecule has 6 heteroatoms. The zero-order chi connectivity index (χ0) is 15.2. The maximum Gasteiger partial charge on any atom is 0.328 e. The molecule has 2 aromatic rings. The second-order valence-corrected chi connectivity index (χ2v) is 5.33. The van der Waals surface area contributed by atoms with Gasteiger partial charge < -0.3 is 10.4 Å². The maximum absolute atomic E-state index is 12.1. The van der Waals surface area contributed by atoms with Gasteiger partial charge in [0.15, 0.2) is 0 Å². The molecule has 5 nitrogen and oxygen atoms in total. The fraction of sp³-hybridized carbons (Fsp3) is 0.133. The van der Waals surface area contributed by atoms with Crippen molar-refractivity contribution in [2.75, 3.05) is 0 Å². The highest BCUT2D eigenvalue weighted by Gasteiger charge is 2.12. The SMILES string of the molecule is CC(NC(=O)c1csc(C=CC(=O)O)c1)c1cccnc1. The van der Waals surface area contributed by atoms with Crippen LogP contribution in [0.5, 0.6) is 0 Å². The predicted octanol–water partition coefficient (Wildman–Crippen LogP) is 2.73. The molecule has 108 valence electrons. The van der Waals surface area contributed by atoms with Gasteiger partial charge in [0.05, 0.1) is 11.6 Å². The van der Waals surface area contributed by atoms with Crippen LogP contribution in [0.3, 0.4) is 0 Å². The van der Waals surface area contributed by atoms with Crippen LogP contribution >= 0.6 is 11.3 Å². The first-order valence-electron chi connectivity index (χ1n) is 6.26. The highest BCUT2D eigenvalue weighted by Crippen LogP contribution is 2.18. The zero-order valence-corrected chi connectivity index (χ0v) is 12.1. The Morgan fingerprint density at radius 2 is 2.29 bits per heavy atom. The number of carbonyl (C=O) groups excluding carboxylic acids is 1. The fourth-order valence-electron chi connectivity index (χ4n) is 1.71. The molecule has 1 amide bonds. The van der Waals surface area contributed by atoms with Crippen molar-refractivity contribution in [3.63, 3.8) is 0 Å². The van der Waals surface area contributed by atoms with Crippen LogP contribution in [0.15, 0.2) is 42.0 Å². The molecule has 0 spiro atoms. The third-order valence-corrected chi connectivity index (χ3v) is 3.70. The van der Waals surface area contributed by atoms with E-state index in [0.717, 1.165) is 16.5 Å². The predicted molar refractivity (Wildman–Crippen MR) is 81.1 cm³/mol. The summed E-state index contributed by atoms with van der Waals surface area (Å²) in [7, 11) is 0. The number of nitrogens with one attached hydrogen (secondary N) is 1. The van der Waals surface area contributed by atoms with E-state index in [9.17, 15) is 9.59 Å². The van der Waals surface area contributed by atoms with E-state index in [0.29, 0.717) is 5.56 Å². The number of pyridine rings is 1. The van der Waals surface area contributed by atoms with E-state index in [1.807, 2.05) is 19.1 Å². The fourth-order valence-corrected chi connectivity index (χ4v) is 2.49. The Morgan fingerprint density at radius 3 is 2.95 bits per heavy atom. The lowest BCUT2D eigenvalue weighted by Crippen LogP contribution is -2.26. The minimum Gasteiger partial charge on any atom is -0.478 e. The van der Waals surface area contributed by atoms with Crippen LogP contribution in [-0.2, 0) is 4.79 Å². The summed E-state index contributed by atoms with van der Waals surface area (Å²) in [5.41, 5.74) is 1.44. The Balaban J connectivity index is 2.02. The van der Waals surface area contributed by atoms with E-state index in [1.165, 1.54) is 17.4 Å². The number of aliphatic carboxylic acids is 1. The highest BCUT2D eigenvalue weighted by molar-refractivity contribution is 7.11. The standard InChI is InChI=1S/C15H14N2O3S/c1-10(11-3-2-6-16-8-11)17-15(20)12-7-13(21-9-12)4-5-14(18)19/h2-10H,1H3,(H,17,20)(H,18,19). The van der Waals surface area contributed by atoms with E-state index in [-0.39, 0.29) is 11.9 Å². The number of thiophene rings is 1. The normalized spacial score (nSPS) is 12.2. The van der Waals surface area contributed by atoms with Crippen LogP contribution in [0.2, 0.25) is 0 Å². The number of aromatic nitrogens is 1. The molecule has 0 bridgehead atoms. The summed E-state index contributed by atoms with van der Waals surface area (Å²) in [5, 5.41) is 13.1. The molecule has 0 aromatic carbocycles. The minimum absolute atomic E-state index is 0.149. The van der Waals surface area contributed by atoms with Gasteiger partial charge in [-0.15, -0.1) is 11.3 Å². The van der Waals surface area contributed by atoms with Crippen LogP contribution in [0.1, 0.15) is 33.8 Å². The summed E-state index contributed by atoms with van der Waals surface area (Å²) in [4.78, 5) is 27.3. The van der Waals surface area contributed by atoms with Gasteiger partial charge >= 0.3 is 5.97 Å². The van der Waals surface area contributed by atoms with Gasteiger partial charge in [0.1, 0.15) is 0 Å². The lowest BCUT2D eigenvalue weighted by molar-refractivity contribution is -0.131. The van der Waals surface area contributed by atoms with E-state index < -0.39 is 5.97 Å². The second kappa shape index (κ2) is 6.81. The number of nitrogens with zero attached hydrogens (tertiary/aromatic N) is 1. The van der Waals surface area contributed by atoms with Crippen LogP contribution in [0.25, 0.3) is 6.08 Å². The van der Waals surface area contributed by atoms with Crippen molar-refractivity contribution in [2.45, 2.75) is 13.0 Å². The molecule has 2 rings (SSSR count). The van der Waals surface area contributed by atoms with Crippen molar-refractivity contribution in [1.82, 2.24) is 10.3 Å². The van der Waals surface area contributed by atoms with Crippen molar-refractivity contribution in [1.29, 1.82) is 0 Å². The number of hydrogen-bond acceptors (Lipinski definition) is 4. The Labute approximate surface area is 126 Å². The van der Waals surface area contributed by atoms with Crippen molar-refractivity contribution >= 4 is 29.3 Å². The molecule has 2 heterocycles. The van der Waals surface area contributed by atoms with Crippen LogP contribution in [-0.4, -0.2) is 22.0 Å². The smallest absolute Gasteiger partial charge is 0.328 e. The molecule has 0 aliphatic rings. The molecule has 21 heavy (non-hydrogen) atoms. The van der Waals surface area contributed by atoms with Crippen LogP contribution in [0, 0.1) is 0 Å². The number of rotatable bonds is 5. The summed E-state index contributed by atoms with van der Waals surface area (Å²) in [6.07, 6.45) is 5.90. The van der Waals surface area contributed by atoms with E-state index in [2.05, 4.69) is 10.3 Å². The molecule has 2 aromatic heterocycles. The molecular weight excluding hydrogens is 288 g/mol. The Bertz CT molecular complexity index is 665. The number of hydrogen-bond donors (Lipinski definition) is 2. The van der Waals surface area contributed by atoms with Gasteiger partial charge in [-0.05, 0) is 30.7 Å². The van der Waals surface area contributed by atoms with Crippen molar-refractivity contribution < 1.29 is 14.7 Å². The van der Waals surface area contributed by atoms with Crippen LogP contribution < -0.4 is 5.32 Å². The number of amides is 1. The maximum atomic E-state index is 12.1. The number of carboxylic acids is 1. The topological polar surface area (TPSA) is 79.3 Å². The largest absolute Gasteiger partial charge is 0.478 e. The molecule has 0 saturated heterocycles. The van der Waals surface area contributed by atoms with E-state index in [4.69, 9.17) is 5.11 Å². The molecule has 2 N–H and O–H groups in total. The average Bonchev–Trinajstić information content (AvgIpc) is 2.95. The van der Waals surface area contributed by atoms with E-state index >= 15 is 0 Å². The van der Waals surface area contributed by atoms with Gasteiger partial charge in [-0.2, -0.15) is 0 Å². The first-order chi connectivity index (χ1) is 10.1. The summed E-state index contributed by atoms with van der Waals surface area (Å²) in [5.74, 6) is -1.21. The Morgan fingerprint density at radius 1 is 1.48 bits per heavy atom. The molecule has 0 aliphatic heterocycles. The summed E-state index contributed by atoms with van der Waals surface area (Å²) in [6.45, 7) is 1.88. The average molecular weight is 302 g/mol. The monoisotopic (exact) mass is 302 g/mol. The van der Waals surface area contributed by atoms with Gasteiger partial charge in [0, 0.05) is 28.7 Å². The van der Waals surface area contributed by atoms with Gasteiger partial charge in [-0.25, -0.2) is 4.79 Å². The molecular formula is C15H14N2O3S. The number of carboxylic acid groups (broad SMARTS) is 1. The highest BCUT2D eigenvalue weighted by atomic mass is 32.1. The Hall–Kier alpha value is -2.47. The minimum atomic E-state index is -1.01. The van der Waals surface area contributed by atoms with Crippen LogP contribution in [0.4, 0.5) is 0 Å². The molecule has 1 atom stereocenters. The van der Waals surface area contributed by atoms with E-state index in [1.54, 1.807) is 23.8 Å². The van der Waals surface area contributed by atoms with Gasteiger partial charge in [-0.3, -0.25) is 9.78 Å². The summed E-state index contributed by atoms with van der Waals surface area (Å²) in [6, 6.07) is 5.23. The molecule has 0 fully saturated rings. The van der Waals surface area contributed by atoms with Crippen molar-refractivity contribution in [3.8, 4) is 0 Å². The lowest BCUT2D eigenvalue weighted by atomic mass is 10.1. The first-order valence-corrected chi connectivity index (χ1v) is 7.14. The molecule has 0 radical (unpaired) electrons.